The largest absolute Gasteiger partial charge is 0.467 e. The minimum Gasteiger partial charge on any atom is -0.467 e. The van der Waals surface area contributed by atoms with Crippen molar-refractivity contribution in [1.82, 2.24) is 4.90 Å². The molecule has 0 saturated carbocycles. The summed E-state index contributed by atoms with van der Waals surface area (Å²) in [4.78, 5) is 25.7. The van der Waals surface area contributed by atoms with Crippen LogP contribution in [0.5, 0.6) is 0 Å². The monoisotopic (exact) mass is 263 g/mol. The Balaban J connectivity index is 2.97. The number of rotatable bonds is 5. The van der Waals surface area contributed by atoms with E-state index < -0.39 is 12.0 Å². The number of benzene rings is 1. The molecule has 0 fully saturated rings. The van der Waals surface area contributed by atoms with Gasteiger partial charge in [0.1, 0.15) is 6.04 Å². The Kier molecular flexibility index (Phi) is 5.55. The van der Waals surface area contributed by atoms with Gasteiger partial charge in [0.15, 0.2) is 0 Å². The van der Waals surface area contributed by atoms with Crippen LogP contribution < -0.4 is 0 Å². The standard InChI is InChI=1S/C15H21NO3/c1-11(2)10-16(12(3)15(18)19-4)14(17)13-8-6-5-7-9-13/h5-9,11-12H,10H2,1-4H3. The fraction of sp³-hybridized carbons (Fsp3) is 0.467. The molecule has 0 saturated heterocycles. The second kappa shape index (κ2) is 6.92. The van der Waals surface area contributed by atoms with Crippen LogP contribution in [0.15, 0.2) is 30.3 Å². The highest BCUT2D eigenvalue weighted by Crippen LogP contribution is 2.12. The Morgan fingerprint density at radius 1 is 1.16 bits per heavy atom. The van der Waals surface area contributed by atoms with Gasteiger partial charge in [-0.2, -0.15) is 0 Å². The number of hydrogen-bond acceptors (Lipinski definition) is 3. The Morgan fingerprint density at radius 3 is 2.21 bits per heavy atom. The van der Waals surface area contributed by atoms with Crippen LogP contribution in [0, 0.1) is 5.92 Å². The summed E-state index contributed by atoms with van der Waals surface area (Å²) >= 11 is 0. The fourth-order valence-electron chi connectivity index (χ4n) is 1.85. The molecule has 1 rings (SSSR count). The average Bonchev–Trinajstić information content (AvgIpc) is 2.43. The average molecular weight is 263 g/mol. The van der Waals surface area contributed by atoms with Crippen molar-refractivity contribution in [2.24, 2.45) is 5.92 Å². The van der Waals surface area contributed by atoms with E-state index in [1.807, 2.05) is 32.0 Å². The molecular formula is C15H21NO3. The molecule has 4 heteroatoms. The Labute approximate surface area is 114 Å². The third-order valence-electron chi connectivity index (χ3n) is 2.85. The highest BCUT2D eigenvalue weighted by molar-refractivity contribution is 5.96. The molecule has 0 bridgehead atoms. The molecule has 0 aliphatic rings. The zero-order valence-electron chi connectivity index (χ0n) is 11.9. The van der Waals surface area contributed by atoms with E-state index in [-0.39, 0.29) is 11.8 Å². The lowest BCUT2D eigenvalue weighted by Crippen LogP contribution is -2.45. The molecule has 0 heterocycles. The topological polar surface area (TPSA) is 46.6 Å². The first-order valence-electron chi connectivity index (χ1n) is 6.41. The van der Waals surface area contributed by atoms with Crippen LogP contribution in [0.3, 0.4) is 0 Å². The van der Waals surface area contributed by atoms with Crippen LogP contribution in [0.25, 0.3) is 0 Å². The SMILES string of the molecule is COC(=O)C(C)N(CC(C)C)C(=O)c1ccccc1. The molecule has 0 N–H and O–H groups in total. The van der Waals surface area contributed by atoms with Gasteiger partial charge in [-0.25, -0.2) is 4.79 Å². The molecule has 1 amide bonds. The smallest absolute Gasteiger partial charge is 0.328 e. The van der Waals surface area contributed by atoms with E-state index in [1.54, 1.807) is 24.0 Å². The van der Waals surface area contributed by atoms with Gasteiger partial charge in [0.25, 0.3) is 5.91 Å². The van der Waals surface area contributed by atoms with Gasteiger partial charge in [0, 0.05) is 12.1 Å². The van der Waals surface area contributed by atoms with E-state index in [2.05, 4.69) is 0 Å². The molecule has 4 nitrogen and oxygen atoms in total. The van der Waals surface area contributed by atoms with Gasteiger partial charge in [-0.05, 0) is 25.0 Å². The predicted octanol–water partition coefficient (Wildman–Crippen LogP) is 2.35. The van der Waals surface area contributed by atoms with Gasteiger partial charge < -0.3 is 9.64 Å². The minimum absolute atomic E-state index is 0.146. The summed E-state index contributed by atoms with van der Waals surface area (Å²) in [6.45, 7) is 6.23. The van der Waals surface area contributed by atoms with E-state index in [9.17, 15) is 9.59 Å². The maximum absolute atomic E-state index is 12.5. The summed E-state index contributed by atoms with van der Waals surface area (Å²) in [5.74, 6) is -0.267. The van der Waals surface area contributed by atoms with Crippen molar-refractivity contribution in [3.05, 3.63) is 35.9 Å². The molecular weight excluding hydrogens is 242 g/mol. The van der Waals surface area contributed by atoms with Gasteiger partial charge in [-0.3, -0.25) is 4.79 Å². The van der Waals surface area contributed by atoms with Crippen LogP contribution >= 0.6 is 0 Å². The molecule has 1 unspecified atom stereocenters. The molecule has 19 heavy (non-hydrogen) atoms. The summed E-state index contributed by atoms with van der Waals surface area (Å²) in [7, 11) is 1.33. The summed E-state index contributed by atoms with van der Waals surface area (Å²) in [5.41, 5.74) is 0.582. The normalized spacial score (nSPS) is 12.1. The van der Waals surface area contributed by atoms with Gasteiger partial charge >= 0.3 is 5.97 Å². The van der Waals surface area contributed by atoms with Crippen LogP contribution in [0.4, 0.5) is 0 Å². The number of carbonyl (C=O) groups is 2. The molecule has 0 radical (unpaired) electrons. The zero-order chi connectivity index (χ0) is 14.4. The van der Waals surface area contributed by atoms with Crippen molar-refractivity contribution in [3.63, 3.8) is 0 Å². The lowest BCUT2D eigenvalue weighted by atomic mass is 10.1. The van der Waals surface area contributed by atoms with Crippen LogP contribution in [-0.2, 0) is 9.53 Å². The first-order valence-corrected chi connectivity index (χ1v) is 6.41. The van der Waals surface area contributed by atoms with Gasteiger partial charge in [0.05, 0.1) is 7.11 Å². The fourth-order valence-corrected chi connectivity index (χ4v) is 1.85. The van der Waals surface area contributed by atoms with E-state index in [1.165, 1.54) is 7.11 Å². The molecule has 1 atom stereocenters. The quantitative estimate of drug-likeness (QED) is 0.766. The Morgan fingerprint density at radius 2 is 1.74 bits per heavy atom. The van der Waals surface area contributed by atoms with Crippen molar-refractivity contribution >= 4 is 11.9 Å². The second-order valence-electron chi connectivity index (χ2n) is 4.92. The number of carbonyl (C=O) groups excluding carboxylic acids is 2. The maximum Gasteiger partial charge on any atom is 0.328 e. The van der Waals surface area contributed by atoms with Crippen molar-refractivity contribution in [1.29, 1.82) is 0 Å². The molecule has 1 aromatic rings. The predicted molar refractivity (Wildman–Crippen MR) is 73.8 cm³/mol. The van der Waals surface area contributed by atoms with Crippen molar-refractivity contribution in [2.75, 3.05) is 13.7 Å². The van der Waals surface area contributed by atoms with Crippen molar-refractivity contribution < 1.29 is 14.3 Å². The first kappa shape index (κ1) is 15.2. The number of hydrogen-bond donors (Lipinski definition) is 0. The highest BCUT2D eigenvalue weighted by atomic mass is 16.5. The Bertz CT molecular complexity index is 428. The highest BCUT2D eigenvalue weighted by Gasteiger charge is 2.27. The second-order valence-corrected chi connectivity index (χ2v) is 4.92. The molecule has 0 aromatic heterocycles. The molecule has 104 valence electrons. The third kappa shape index (κ3) is 4.09. The van der Waals surface area contributed by atoms with Crippen molar-refractivity contribution in [2.45, 2.75) is 26.8 Å². The first-order chi connectivity index (χ1) is 8.97. The van der Waals surface area contributed by atoms with Crippen LogP contribution in [0.2, 0.25) is 0 Å². The summed E-state index contributed by atoms with van der Waals surface area (Å²) in [6, 6.07) is 8.39. The van der Waals surface area contributed by atoms with E-state index >= 15 is 0 Å². The lowest BCUT2D eigenvalue weighted by molar-refractivity contribution is -0.145. The number of nitrogens with zero attached hydrogens (tertiary/aromatic N) is 1. The van der Waals surface area contributed by atoms with E-state index in [0.717, 1.165) is 0 Å². The lowest BCUT2D eigenvalue weighted by Gasteiger charge is -2.29. The van der Waals surface area contributed by atoms with Gasteiger partial charge in [-0.15, -0.1) is 0 Å². The molecule has 1 aromatic carbocycles. The van der Waals surface area contributed by atoms with Crippen molar-refractivity contribution in [3.8, 4) is 0 Å². The van der Waals surface area contributed by atoms with Gasteiger partial charge in [-0.1, -0.05) is 32.0 Å². The number of ether oxygens (including phenoxy) is 1. The molecule has 0 spiro atoms. The van der Waals surface area contributed by atoms with Crippen LogP contribution in [-0.4, -0.2) is 36.5 Å². The van der Waals surface area contributed by atoms with Crippen LogP contribution in [0.1, 0.15) is 31.1 Å². The summed E-state index contributed by atoms with van der Waals surface area (Å²) in [5, 5.41) is 0. The number of amides is 1. The van der Waals surface area contributed by atoms with E-state index in [4.69, 9.17) is 4.74 Å². The molecule has 0 aliphatic carbocycles. The number of esters is 1. The number of methoxy groups -OCH3 is 1. The Hall–Kier alpha value is -1.84. The van der Waals surface area contributed by atoms with E-state index in [0.29, 0.717) is 12.1 Å². The summed E-state index contributed by atoms with van der Waals surface area (Å²) in [6.07, 6.45) is 0. The zero-order valence-corrected chi connectivity index (χ0v) is 11.9. The maximum atomic E-state index is 12.5. The minimum atomic E-state index is -0.583. The van der Waals surface area contributed by atoms with Gasteiger partial charge in [0.2, 0.25) is 0 Å². The third-order valence-corrected chi connectivity index (χ3v) is 2.85. The molecule has 0 aliphatic heterocycles. The summed E-state index contributed by atoms with van der Waals surface area (Å²) < 4.78 is 4.73.